The largest absolute Gasteiger partial charge is 0.480 e. The Morgan fingerprint density at radius 2 is 2.14 bits per heavy atom. The Morgan fingerprint density at radius 1 is 1.57 bits per heavy atom. The second-order valence-corrected chi connectivity index (χ2v) is 5.45. The van der Waals surface area contributed by atoms with Gasteiger partial charge in [0.15, 0.2) is 0 Å². The molecule has 0 aromatic heterocycles. The molecule has 0 spiro atoms. The third kappa shape index (κ3) is 3.24. The number of carbonyl (C=O) groups is 1. The second-order valence-electron chi connectivity index (χ2n) is 3.47. The molecule has 0 aliphatic carbocycles. The fourth-order valence-corrected chi connectivity index (χ4v) is 2.27. The molecule has 0 aromatic carbocycles. The molecule has 1 saturated heterocycles. The number of hydrogen-bond donors (Lipinski definition) is 2. The second kappa shape index (κ2) is 4.24. The summed E-state index contributed by atoms with van der Waals surface area (Å²) in [6.45, 7) is 1.46. The van der Waals surface area contributed by atoms with Gasteiger partial charge in [0.1, 0.15) is 0 Å². The van der Waals surface area contributed by atoms with E-state index < -0.39 is 16.0 Å². The van der Waals surface area contributed by atoms with Crippen LogP contribution in [0.15, 0.2) is 0 Å². The molecule has 0 bridgehead atoms. The van der Waals surface area contributed by atoms with E-state index in [1.54, 1.807) is 0 Å². The van der Waals surface area contributed by atoms with E-state index in [0.717, 1.165) is 0 Å². The van der Waals surface area contributed by atoms with Crippen LogP contribution in [0.5, 0.6) is 0 Å². The predicted molar refractivity (Wildman–Crippen MR) is 50.4 cm³/mol. The molecule has 0 amide bonds. The summed E-state index contributed by atoms with van der Waals surface area (Å²) in [5.41, 5.74) is 0. The van der Waals surface area contributed by atoms with Crippen molar-refractivity contribution in [3.05, 3.63) is 0 Å². The van der Waals surface area contributed by atoms with Crippen LogP contribution in [-0.4, -0.2) is 56.2 Å². The summed E-state index contributed by atoms with van der Waals surface area (Å²) in [6.07, 6.45) is 1.17. The third-order valence-corrected chi connectivity index (χ3v) is 3.34. The van der Waals surface area contributed by atoms with Crippen LogP contribution in [-0.2, 0) is 14.8 Å². The van der Waals surface area contributed by atoms with Gasteiger partial charge >= 0.3 is 5.97 Å². The molecular weight excluding hydrogens is 208 g/mol. The maximum absolute atomic E-state index is 11.0. The van der Waals surface area contributed by atoms with Gasteiger partial charge in [0, 0.05) is 19.6 Å². The first-order valence-electron chi connectivity index (χ1n) is 4.27. The molecule has 14 heavy (non-hydrogen) atoms. The summed E-state index contributed by atoms with van der Waals surface area (Å²) < 4.78 is 23.3. The van der Waals surface area contributed by atoms with Crippen LogP contribution in [0.25, 0.3) is 0 Å². The van der Waals surface area contributed by atoms with Gasteiger partial charge in [-0.05, 0) is 5.92 Å². The topological polar surface area (TPSA) is 86.7 Å². The van der Waals surface area contributed by atoms with E-state index in [2.05, 4.69) is 5.32 Å². The van der Waals surface area contributed by atoms with Gasteiger partial charge in [-0.25, -0.2) is 12.7 Å². The van der Waals surface area contributed by atoms with Crippen molar-refractivity contribution < 1.29 is 18.3 Å². The molecule has 0 atom stereocenters. The Kier molecular flexibility index (Phi) is 3.46. The number of carboxylic acid groups (broad SMARTS) is 1. The van der Waals surface area contributed by atoms with Crippen molar-refractivity contribution in [2.75, 3.05) is 32.4 Å². The van der Waals surface area contributed by atoms with Gasteiger partial charge in [-0.1, -0.05) is 0 Å². The summed E-state index contributed by atoms with van der Waals surface area (Å²) in [6, 6.07) is 0. The minimum Gasteiger partial charge on any atom is -0.480 e. The van der Waals surface area contributed by atoms with E-state index >= 15 is 0 Å². The average molecular weight is 222 g/mol. The number of aliphatic carboxylic acids is 1. The summed E-state index contributed by atoms with van der Waals surface area (Å²) in [5.74, 6) is -0.659. The van der Waals surface area contributed by atoms with E-state index in [9.17, 15) is 13.2 Å². The predicted octanol–water partition coefficient (Wildman–Crippen LogP) is -1.45. The summed E-state index contributed by atoms with van der Waals surface area (Å²) in [7, 11) is -3.05. The molecule has 82 valence electrons. The Balaban J connectivity index is 2.14. The SMILES string of the molecule is CS(=O)(=O)N1CC(CNCC(=O)O)C1. The first kappa shape index (κ1) is 11.4. The van der Waals surface area contributed by atoms with E-state index in [-0.39, 0.29) is 12.5 Å². The quantitative estimate of drug-likeness (QED) is 0.594. The molecule has 0 radical (unpaired) electrons. The highest BCUT2D eigenvalue weighted by atomic mass is 32.2. The van der Waals surface area contributed by atoms with Crippen molar-refractivity contribution in [3.8, 4) is 0 Å². The maximum Gasteiger partial charge on any atom is 0.317 e. The fourth-order valence-electron chi connectivity index (χ4n) is 1.31. The standard InChI is InChI=1S/C7H14N2O4S/c1-14(12,13)9-4-6(5-9)2-8-3-7(10)11/h6,8H,2-5H2,1H3,(H,10,11). The van der Waals surface area contributed by atoms with E-state index in [0.29, 0.717) is 19.6 Å². The molecule has 7 heteroatoms. The molecule has 1 aliphatic heterocycles. The zero-order valence-corrected chi connectivity index (χ0v) is 8.75. The van der Waals surface area contributed by atoms with Gasteiger partial charge < -0.3 is 10.4 Å². The monoisotopic (exact) mass is 222 g/mol. The summed E-state index contributed by atoms with van der Waals surface area (Å²) in [4.78, 5) is 10.1. The first-order chi connectivity index (χ1) is 6.39. The van der Waals surface area contributed by atoms with E-state index in [1.165, 1.54) is 10.6 Å². The van der Waals surface area contributed by atoms with Gasteiger partial charge in [0.05, 0.1) is 12.8 Å². The van der Waals surface area contributed by atoms with Crippen LogP contribution in [0, 0.1) is 5.92 Å². The van der Waals surface area contributed by atoms with Crippen molar-refractivity contribution in [3.63, 3.8) is 0 Å². The third-order valence-electron chi connectivity index (χ3n) is 2.10. The van der Waals surface area contributed by atoms with Gasteiger partial charge in [0.25, 0.3) is 0 Å². The van der Waals surface area contributed by atoms with Crippen LogP contribution in [0.1, 0.15) is 0 Å². The lowest BCUT2D eigenvalue weighted by Gasteiger charge is -2.37. The molecule has 1 fully saturated rings. The molecule has 2 N–H and O–H groups in total. The normalized spacial score (nSPS) is 19.2. The number of hydrogen-bond acceptors (Lipinski definition) is 4. The molecular formula is C7H14N2O4S. The van der Waals surface area contributed by atoms with Gasteiger partial charge in [0.2, 0.25) is 10.0 Å². The number of sulfonamides is 1. The Labute approximate surface area is 82.9 Å². The number of nitrogens with one attached hydrogen (secondary N) is 1. The lowest BCUT2D eigenvalue weighted by atomic mass is 10.0. The van der Waals surface area contributed by atoms with Gasteiger partial charge in [-0.2, -0.15) is 0 Å². The highest BCUT2D eigenvalue weighted by molar-refractivity contribution is 7.88. The Bertz CT molecular complexity index is 308. The van der Waals surface area contributed by atoms with Crippen LogP contribution < -0.4 is 5.32 Å². The van der Waals surface area contributed by atoms with E-state index in [1.807, 2.05) is 0 Å². The van der Waals surface area contributed by atoms with E-state index in [4.69, 9.17) is 5.11 Å². The maximum atomic E-state index is 11.0. The smallest absolute Gasteiger partial charge is 0.317 e. The molecule has 0 aromatic rings. The van der Waals surface area contributed by atoms with Crippen molar-refractivity contribution >= 4 is 16.0 Å². The Hall–Kier alpha value is -0.660. The van der Waals surface area contributed by atoms with Crippen LogP contribution in [0.2, 0.25) is 0 Å². The molecule has 0 saturated carbocycles. The van der Waals surface area contributed by atoms with Crippen molar-refractivity contribution in [1.29, 1.82) is 0 Å². The molecule has 1 heterocycles. The van der Waals surface area contributed by atoms with Crippen LogP contribution in [0.4, 0.5) is 0 Å². The minimum atomic E-state index is -3.05. The molecule has 1 aliphatic rings. The molecule has 6 nitrogen and oxygen atoms in total. The number of nitrogens with zero attached hydrogens (tertiary/aromatic N) is 1. The lowest BCUT2D eigenvalue weighted by molar-refractivity contribution is -0.136. The number of carboxylic acids is 1. The average Bonchev–Trinajstić information content (AvgIpc) is 1.90. The van der Waals surface area contributed by atoms with Gasteiger partial charge in [-0.15, -0.1) is 0 Å². The van der Waals surface area contributed by atoms with Crippen LogP contribution >= 0.6 is 0 Å². The van der Waals surface area contributed by atoms with Crippen molar-refractivity contribution in [1.82, 2.24) is 9.62 Å². The number of rotatable bonds is 5. The highest BCUT2D eigenvalue weighted by Crippen LogP contribution is 2.17. The zero-order valence-electron chi connectivity index (χ0n) is 7.93. The highest BCUT2D eigenvalue weighted by Gasteiger charge is 2.32. The van der Waals surface area contributed by atoms with Crippen molar-refractivity contribution in [2.24, 2.45) is 5.92 Å². The minimum absolute atomic E-state index is 0.0740. The molecule has 0 unspecified atom stereocenters. The van der Waals surface area contributed by atoms with Crippen molar-refractivity contribution in [2.45, 2.75) is 0 Å². The summed E-state index contributed by atoms with van der Waals surface area (Å²) in [5, 5.41) is 11.1. The van der Waals surface area contributed by atoms with Crippen LogP contribution in [0.3, 0.4) is 0 Å². The zero-order chi connectivity index (χ0) is 10.8. The van der Waals surface area contributed by atoms with Gasteiger partial charge in [-0.3, -0.25) is 4.79 Å². The fraction of sp³-hybridized carbons (Fsp3) is 0.857. The lowest BCUT2D eigenvalue weighted by Crippen LogP contribution is -2.53. The first-order valence-corrected chi connectivity index (χ1v) is 6.12. The Morgan fingerprint density at radius 3 is 2.57 bits per heavy atom. The molecule has 1 rings (SSSR count). The summed E-state index contributed by atoms with van der Waals surface area (Å²) >= 11 is 0.